The van der Waals surface area contributed by atoms with E-state index >= 15 is 0 Å². The van der Waals surface area contributed by atoms with Gasteiger partial charge in [0.25, 0.3) is 10.0 Å². The van der Waals surface area contributed by atoms with Gasteiger partial charge in [0.05, 0.1) is 5.69 Å². The quantitative estimate of drug-likeness (QED) is 0.564. The summed E-state index contributed by atoms with van der Waals surface area (Å²) in [6.07, 6.45) is 0.483. The van der Waals surface area contributed by atoms with Gasteiger partial charge in [0, 0.05) is 10.0 Å². The fourth-order valence-electron chi connectivity index (χ4n) is 2.11. The van der Waals surface area contributed by atoms with Crippen molar-refractivity contribution >= 4 is 44.9 Å². The Hall–Kier alpha value is -2.16. The summed E-state index contributed by atoms with van der Waals surface area (Å²) in [6.45, 7) is 1.78. The van der Waals surface area contributed by atoms with Crippen molar-refractivity contribution in [2.75, 3.05) is 4.72 Å². The van der Waals surface area contributed by atoms with Crippen molar-refractivity contribution in [1.82, 2.24) is 0 Å². The lowest BCUT2D eigenvalue weighted by molar-refractivity contribution is 0.0694. The van der Waals surface area contributed by atoms with Crippen molar-refractivity contribution in [2.45, 2.75) is 18.2 Å². The summed E-state index contributed by atoms with van der Waals surface area (Å²) in [6, 6.07) is 4.30. The summed E-state index contributed by atoms with van der Waals surface area (Å²) >= 11 is 11.7. The van der Waals surface area contributed by atoms with Gasteiger partial charge in [-0.2, -0.15) is 0 Å². The van der Waals surface area contributed by atoms with E-state index in [-0.39, 0.29) is 10.0 Å². The molecule has 0 aliphatic rings. The summed E-state index contributed by atoms with van der Waals surface area (Å²) in [5, 5.41) is 29.0. The predicted octanol–water partition coefficient (Wildman–Crippen LogP) is 3.47. The molecular weight excluding hydrogens is 393 g/mol. The molecule has 0 amide bonds. The van der Waals surface area contributed by atoms with Crippen LogP contribution < -0.4 is 4.72 Å². The van der Waals surface area contributed by atoms with E-state index in [0.29, 0.717) is 12.0 Å². The van der Waals surface area contributed by atoms with Crippen LogP contribution in [-0.2, 0) is 16.4 Å². The molecule has 4 N–H and O–H groups in total. The number of benzene rings is 2. The summed E-state index contributed by atoms with van der Waals surface area (Å²) in [5.74, 6) is -2.83. The number of halogens is 2. The molecule has 0 saturated carbocycles. The second-order valence-electron chi connectivity index (χ2n) is 5.03. The van der Waals surface area contributed by atoms with Gasteiger partial charge in [-0.15, -0.1) is 0 Å². The van der Waals surface area contributed by atoms with Gasteiger partial charge in [0.1, 0.15) is 16.2 Å². The molecule has 134 valence electrons. The van der Waals surface area contributed by atoms with E-state index in [1.54, 1.807) is 6.92 Å². The molecule has 7 nitrogen and oxygen atoms in total. The van der Waals surface area contributed by atoms with Crippen LogP contribution in [0.4, 0.5) is 5.69 Å². The lowest BCUT2D eigenvalue weighted by Gasteiger charge is -2.14. The smallest absolute Gasteiger partial charge is 0.339 e. The molecule has 10 heteroatoms. The molecule has 0 unspecified atom stereocenters. The highest BCUT2D eigenvalue weighted by Gasteiger charge is 2.24. The average Bonchev–Trinajstić information content (AvgIpc) is 2.51. The van der Waals surface area contributed by atoms with E-state index in [2.05, 4.69) is 0 Å². The largest absolute Gasteiger partial charge is 0.507 e. The number of rotatable bonds is 5. The predicted molar refractivity (Wildman–Crippen MR) is 93.4 cm³/mol. The van der Waals surface area contributed by atoms with Gasteiger partial charge in [-0.3, -0.25) is 4.72 Å². The maximum atomic E-state index is 12.5. The molecule has 2 rings (SSSR count). The van der Waals surface area contributed by atoms with E-state index in [4.69, 9.17) is 28.3 Å². The Morgan fingerprint density at radius 1 is 1.16 bits per heavy atom. The highest BCUT2D eigenvalue weighted by molar-refractivity contribution is 7.92. The van der Waals surface area contributed by atoms with Gasteiger partial charge in [0.2, 0.25) is 0 Å². The maximum Gasteiger partial charge on any atom is 0.339 e. The first kappa shape index (κ1) is 19.2. The number of anilines is 1. The van der Waals surface area contributed by atoms with E-state index in [0.717, 1.165) is 18.2 Å². The van der Waals surface area contributed by atoms with Crippen molar-refractivity contribution < 1.29 is 28.5 Å². The third-order valence-corrected chi connectivity index (χ3v) is 5.31. The number of phenols is 2. The lowest BCUT2D eigenvalue weighted by Crippen LogP contribution is -2.14. The normalized spacial score (nSPS) is 11.3. The molecule has 2 aromatic rings. The maximum absolute atomic E-state index is 12.5. The van der Waals surface area contributed by atoms with Gasteiger partial charge in [-0.1, -0.05) is 30.1 Å². The molecule has 0 atom stereocenters. The number of phenolic OH excluding ortho intramolecular Hbond substituents is 1. The first-order valence-corrected chi connectivity index (χ1v) is 9.10. The molecule has 0 fully saturated rings. The highest BCUT2D eigenvalue weighted by Crippen LogP contribution is 2.36. The van der Waals surface area contributed by atoms with E-state index < -0.39 is 43.6 Å². The van der Waals surface area contributed by atoms with Crippen LogP contribution in [0.15, 0.2) is 29.2 Å². The monoisotopic (exact) mass is 405 g/mol. The van der Waals surface area contributed by atoms with Crippen LogP contribution in [0.3, 0.4) is 0 Å². The Kier molecular flexibility index (Phi) is 5.36. The van der Waals surface area contributed by atoms with E-state index in [1.807, 2.05) is 4.72 Å². The minimum atomic E-state index is -4.37. The summed E-state index contributed by atoms with van der Waals surface area (Å²) in [5.41, 5.74) is -0.467. The Morgan fingerprint density at radius 3 is 2.36 bits per heavy atom. The number of carboxylic acids is 1. The Labute approximate surface area is 153 Å². The van der Waals surface area contributed by atoms with Crippen molar-refractivity contribution in [3.8, 4) is 11.5 Å². The Balaban J connectivity index is 2.54. The van der Waals surface area contributed by atoms with Crippen LogP contribution in [-0.4, -0.2) is 29.7 Å². The average molecular weight is 406 g/mol. The van der Waals surface area contributed by atoms with Gasteiger partial charge in [-0.25, -0.2) is 13.2 Å². The number of sulfonamides is 1. The van der Waals surface area contributed by atoms with Gasteiger partial charge < -0.3 is 15.3 Å². The minimum Gasteiger partial charge on any atom is -0.507 e. The van der Waals surface area contributed by atoms with Crippen LogP contribution >= 0.6 is 23.2 Å². The standard InChI is InChI=1S/C15H13Cl2NO6S/c1-2-7-3-12(19)13(6-10(7)17)25(23,24)18-11-5-8(16)4-9(14(11)20)15(21)22/h3-6,18-20H,2H2,1H3,(H,21,22). The molecule has 0 aliphatic heterocycles. The van der Waals surface area contributed by atoms with Gasteiger partial charge in [0.15, 0.2) is 5.75 Å². The van der Waals surface area contributed by atoms with Gasteiger partial charge >= 0.3 is 5.97 Å². The van der Waals surface area contributed by atoms with Crippen molar-refractivity contribution in [2.24, 2.45) is 0 Å². The fraction of sp³-hybridized carbons (Fsp3) is 0.133. The topological polar surface area (TPSA) is 124 Å². The molecule has 0 aromatic heterocycles. The third kappa shape index (κ3) is 3.92. The first-order chi connectivity index (χ1) is 11.6. The lowest BCUT2D eigenvalue weighted by atomic mass is 10.1. The summed E-state index contributed by atoms with van der Waals surface area (Å²) in [4.78, 5) is 10.6. The highest BCUT2D eigenvalue weighted by atomic mass is 35.5. The Morgan fingerprint density at radius 2 is 1.80 bits per heavy atom. The number of aromatic hydroxyl groups is 2. The third-order valence-electron chi connectivity index (χ3n) is 3.35. The van der Waals surface area contributed by atoms with E-state index in [1.165, 1.54) is 6.07 Å². The zero-order valence-electron chi connectivity index (χ0n) is 12.7. The zero-order valence-corrected chi connectivity index (χ0v) is 15.1. The van der Waals surface area contributed by atoms with Crippen molar-refractivity contribution in [3.63, 3.8) is 0 Å². The summed E-state index contributed by atoms with van der Waals surface area (Å²) in [7, 11) is -4.37. The van der Waals surface area contributed by atoms with Crippen LogP contribution in [0.2, 0.25) is 10.0 Å². The SMILES string of the molecule is CCc1cc(O)c(S(=O)(=O)Nc2cc(Cl)cc(C(=O)O)c2O)cc1Cl. The van der Waals surface area contributed by atoms with Crippen LogP contribution in [0.5, 0.6) is 11.5 Å². The number of hydrogen-bond donors (Lipinski definition) is 4. The number of aryl methyl sites for hydroxylation is 1. The second-order valence-corrected chi connectivity index (χ2v) is 7.52. The minimum absolute atomic E-state index is 0.100. The van der Waals surface area contributed by atoms with Gasteiger partial charge in [-0.05, 0) is 36.2 Å². The molecule has 25 heavy (non-hydrogen) atoms. The number of carbonyl (C=O) groups is 1. The number of hydrogen-bond acceptors (Lipinski definition) is 5. The number of aromatic carboxylic acids is 1. The molecule has 0 saturated heterocycles. The van der Waals surface area contributed by atoms with Crippen molar-refractivity contribution in [1.29, 1.82) is 0 Å². The molecule has 0 aliphatic carbocycles. The summed E-state index contributed by atoms with van der Waals surface area (Å²) < 4.78 is 27.0. The van der Waals surface area contributed by atoms with Crippen LogP contribution in [0.25, 0.3) is 0 Å². The number of nitrogens with one attached hydrogen (secondary N) is 1. The molecule has 0 heterocycles. The molecule has 0 bridgehead atoms. The molecule has 0 radical (unpaired) electrons. The van der Waals surface area contributed by atoms with Crippen LogP contribution in [0, 0.1) is 0 Å². The first-order valence-electron chi connectivity index (χ1n) is 6.86. The molecule has 0 spiro atoms. The second kappa shape index (κ2) is 6.99. The van der Waals surface area contributed by atoms with Crippen molar-refractivity contribution in [3.05, 3.63) is 45.4 Å². The molecular formula is C15H13Cl2NO6S. The molecule has 2 aromatic carbocycles. The van der Waals surface area contributed by atoms with Crippen LogP contribution in [0.1, 0.15) is 22.8 Å². The number of carboxylic acid groups (broad SMARTS) is 1. The zero-order chi connectivity index (χ0) is 18.9. The van der Waals surface area contributed by atoms with E-state index in [9.17, 15) is 23.4 Å². The fourth-order valence-corrected chi connectivity index (χ4v) is 3.86. The Bertz CT molecular complexity index is 959.